The molecule has 1 heterocycles. The SMILES string of the molecule is CC(=O)Nc1cccc(C(=O)N/N=C\c2ccc(-c3ccccc3C(=O)O)o2)c1. The normalized spacial score (nSPS) is 10.7. The van der Waals surface area contributed by atoms with Crippen molar-refractivity contribution in [3.63, 3.8) is 0 Å². The fraction of sp³-hybridized carbons (Fsp3) is 0.0476. The number of nitrogens with one attached hydrogen (secondary N) is 2. The Morgan fingerprint density at radius 2 is 1.83 bits per heavy atom. The van der Waals surface area contributed by atoms with E-state index in [-0.39, 0.29) is 11.5 Å². The smallest absolute Gasteiger partial charge is 0.336 e. The molecule has 0 aliphatic carbocycles. The quantitative estimate of drug-likeness (QED) is 0.439. The molecule has 3 aromatic rings. The fourth-order valence-corrected chi connectivity index (χ4v) is 2.61. The van der Waals surface area contributed by atoms with E-state index in [0.717, 1.165) is 0 Å². The minimum absolute atomic E-state index is 0.123. The lowest BCUT2D eigenvalue weighted by Gasteiger charge is -2.04. The zero-order chi connectivity index (χ0) is 20.8. The molecular weight excluding hydrogens is 374 g/mol. The van der Waals surface area contributed by atoms with Crippen molar-refractivity contribution in [1.82, 2.24) is 5.43 Å². The van der Waals surface area contributed by atoms with E-state index in [0.29, 0.717) is 28.3 Å². The van der Waals surface area contributed by atoms with Crippen molar-refractivity contribution in [3.05, 3.63) is 77.6 Å². The monoisotopic (exact) mass is 391 g/mol. The predicted octanol–water partition coefficient (Wildman–Crippen LogP) is 3.37. The van der Waals surface area contributed by atoms with Gasteiger partial charge in [-0.25, -0.2) is 10.2 Å². The molecule has 8 nitrogen and oxygen atoms in total. The number of nitrogens with zero attached hydrogens (tertiary/aromatic N) is 1. The number of furan rings is 1. The van der Waals surface area contributed by atoms with E-state index in [4.69, 9.17) is 4.42 Å². The molecule has 146 valence electrons. The molecule has 0 saturated carbocycles. The lowest BCUT2D eigenvalue weighted by molar-refractivity contribution is -0.114. The van der Waals surface area contributed by atoms with Crippen LogP contribution in [0.1, 0.15) is 33.4 Å². The first-order chi connectivity index (χ1) is 13.9. The van der Waals surface area contributed by atoms with Crippen molar-refractivity contribution in [2.45, 2.75) is 6.92 Å². The minimum Gasteiger partial charge on any atom is -0.478 e. The molecule has 3 rings (SSSR count). The van der Waals surface area contributed by atoms with Gasteiger partial charge in [0.2, 0.25) is 5.91 Å². The molecule has 1 aromatic heterocycles. The van der Waals surface area contributed by atoms with Gasteiger partial charge in [0, 0.05) is 23.7 Å². The Kier molecular flexibility index (Phi) is 5.84. The van der Waals surface area contributed by atoms with Gasteiger partial charge in [0.1, 0.15) is 11.5 Å². The maximum Gasteiger partial charge on any atom is 0.336 e. The molecule has 2 aromatic carbocycles. The van der Waals surface area contributed by atoms with E-state index in [1.54, 1.807) is 48.5 Å². The second-order valence-corrected chi connectivity index (χ2v) is 6.01. The molecule has 8 heteroatoms. The average molecular weight is 391 g/mol. The van der Waals surface area contributed by atoms with Gasteiger partial charge in [-0.05, 0) is 36.4 Å². The zero-order valence-corrected chi connectivity index (χ0v) is 15.4. The first-order valence-corrected chi connectivity index (χ1v) is 8.57. The molecule has 0 atom stereocenters. The molecule has 0 spiro atoms. The summed E-state index contributed by atoms with van der Waals surface area (Å²) in [5.74, 6) is -1.04. The van der Waals surface area contributed by atoms with Gasteiger partial charge < -0.3 is 14.8 Å². The van der Waals surface area contributed by atoms with Crippen LogP contribution in [-0.2, 0) is 4.79 Å². The van der Waals surface area contributed by atoms with Crippen molar-refractivity contribution in [1.29, 1.82) is 0 Å². The molecule has 2 amide bonds. The third kappa shape index (κ3) is 4.95. The highest BCUT2D eigenvalue weighted by molar-refractivity contribution is 5.97. The van der Waals surface area contributed by atoms with Crippen LogP contribution in [0, 0.1) is 0 Å². The third-order valence-corrected chi connectivity index (χ3v) is 3.85. The Balaban J connectivity index is 1.69. The number of amides is 2. The van der Waals surface area contributed by atoms with Crippen molar-refractivity contribution in [2.24, 2.45) is 5.10 Å². The van der Waals surface area contributed by atoms with Crippen LogP contribution in [0.4, 0.5) is 5.69 Å². The Hall–Kier alpha value is -4.20. The Labute approximate surface area is 165 Å². The predicted molar refractivity (Wildman–Crippen MR) is 107 cm³/mol. The van der Waals surface area contributed by atoms with Gasteiger partial charge in [-0.3, -0.25) is 9.59 Å². The Morgan fingerprint density at radius 3 is 2.59 bits per heavy atom. The van der Waals surface area contributed by atoms with Crippen LogP contribution in [0.2, 0.25) is 0 Å². The molecule has 0 aliphatic rings. The molecular formula is C21H17N3O5. The van der Waals surface area contributed by atoms with E-state index in [9.17, 15) is 19.5 Å². The van der Waals surface area contributed by atoms with Gasteiger partial charge in [-0.15, -0.1) is 0 Å². The standard InChI is InChI=1S/C21H17N3O5/c1-13(25)23-15-6-4-5-14(11-15)20(26)24-22-12-16-9-10-19(29-16)17-7-2-3-8-18(17)21(27)28/h2-12H,1H3,(H,23,25)(H,24,26)(H,27,28)/b22-12-. The Morgan fingerprint density at radius 1 is 1.03 bits per heavy atom. The van der Waals surface area contributed by atoms with Gasteiger partial charge in [0.25, 0.3) is 5.91 Å². The largest absolute Gasteiger partial charge is 0.478 e. The van der Waals surface area contributed by atoms with Gasteiger partial charge in [0.15, 0.2) is 0 Å². The van der Waals surface area contributed by atoms with E-state index in [2.05, 4.69) is 15.8 Å². The molecule has 3 N–H and O–H groups in total. The summed E-state index contributed by atoms with van der Waals surface area (Å²) < 4.78 is 5.60. The lowest BCUT2D eigenvalue weighted by atomic mass is 10.1. The number of benzene rings is 2. The molecule has 0 saturated heterocycles. The van der Waals surface area contributed by atoms with Gasteiger partial charge >= 0.3 is 5.97 Å². The van der Waals surface area contributed by atoms with Gasteiger partial charge in [0.05, 0.1) is 11.8 Å². The molecule has 0 bridgehead atoms. The third-order valence-electron chi connectivity index (χ3n) is 3.85. The van der Waals surface area contributed by atoms with Crippen molar-refractivity contribution < 1.29 is 23.9 Å². The van der Waals surface area contributed by atoms with Crippen LogP contribution in [0.25, 0.3) is 11.3 Å². The van der Waals surface area contributed by atoms with Crippen LogP contribution < -0.4 is 10.7 Å². The van der Waals surface area contributed by atoms with Crippen molar-refractivity contribution in [3.8, 4) is 11.3 Å². The number of hydrogen-bond donors (Lipinski definition) is 3. The number of anilines is 1. The summed E-state index contributed by atoms with van der Waals surface area (Å²) in [5, 5.41) is 15.7. The number of hydrazone groups is 1. The summed E-state index contributed by atoms with van der Waals surface area (Å²) in [4.78, 5) is 34.6. The van der Waals surface area contributed by atoms with Crippen LogP contribution >= 0.6 is 0 Å². The topological polar surface area (TPSA) is 121 Å². The maximum absolute atomic E-state index is 12.2. The number of aromatic carboxylic acids is 1. The van der Waals surface area contributed by atoms with E-state index in [1.807, 2.05) is 0 Å². The number of rotatable bonds is 6. The first kappa shape index (κ1) is 19.6. The number of carbonyl (C=O) groups excluding carboxylic acids is 2. The second-order valence-electron chi connectivity index (χ2n) is 6.01. The highest BCUT2D eigenvalue weighted by Crippen LogP contribution is 2.25. The zero-order valence-electron chi connectivity index (χ0n) is 15.4. The van der Waals surface area contributed by atoms with Crippen LogP contribution in [0.15, 0.2) is 70.2 Å². The average Bonchev–Trinajstić information content (AvgIpc) is 3.16. The number of carboxylic acid groups (broad SMARTS) is 1. The van der Waals surface area contributed by atoms with Gasteiger partial charge in [-0.2, -0.15) is 5.10 Å². The Bertz CT molecular complexity index is 1100. The molecule has 29 heavy (non-hydrogen) atoms. The molecule has 0 radical (unpaired) electrons. The minimum atomic E-state index is -1.05. The van der Waals surface area contributed by atoms with Gasteiger partial charge in [-0.1, -0.05) is 24.3 Å². The first-order valence-electron chi connectivity index (χ1n) is 8.57. The summed E-state index contributed by atoms with van der Waals surface area (Å²) >= 11 is 0. The highest BCUT2D eigenvalue weighted by Gasteiger charge is 2.13. The summed E-state index contributed by atoms with van der Waals surface area (Å²) in [6.45, 7) is 1.38. The lowest BCUT2D eigenvalue weighted by Crippen LogP contribution is -2.18. The maximum atomic E-state index is 12.2. The summed E-state index contributed by atoms with van der Waals surface area (Å²) in [6.07, 6.45) is 1.31. The van der Waals surface area contributed by atoms with E-state index >= 15 is 0 Å². The molecule has 0 aliphatic heterocycles. The number of carboxylic acids is 1. The summed E-state index contributed by atoms with van der Waals surface area (Å²) in [7, 11) is 0. The summed E-state index contributed by atoms with van der Waals surface area (Å²) in [5.41, 5.74) is 3.76. The highest BCUT2D eigenvalue weighted by atomic mass is 16.4. The fourth-order valence-electron chi connectivity index (χ4n) is 2.61. The van der Waals surface area contributed by atoms with E-state index < -0.39 is 11.9 Å². The second kappa shape index (κ2) is 8.66. The molecule has 0 fully saturated rings. The van der Waals surface area contributed by atoms with Crippen molar-refractivity contribution in [2.75, 3.05) is 5.32 Å². The number of hydrogen-bond acceptors (Lipinski definition) is 5. The van der Waals surface area contributed by atoms with Crippen molar-refractivity contribution >= 4 is 29.7 Å². The van der Waals surface area contributed by atoms with E-state index in [1.165, 1.54) is 25.3 Å². The molecule has 0 unspecified atom stereocenters. The summed E-state index contributed by atoms with van der Waals surface area (Å²) in [6, 6.07) is 16.1. The van der Waals surface area contributed by atoms with Crippen LogP contribution in [-0.4, -0.2) is 29.1 Å². The number of carbonyl (C=O) groups is 3. The van der Waals surface area contributed by atoms with Crippen LogP contribution in [0.5, 0.6) is 0 Å². The van der Waals surface area contributed by atoms with Crippen LogP contribution in [0.3, 0.4) is 0 Å².